The van der Waals surface area contributed by atoms with Gasteiger partial charge in [0, 0.05) is 9.37 Å². The van der Waals surface area contributed by atoms with Crippen molar-refractivity contribution < 1.29 is 9.53 Å². The van der Waals surface area contributed by atoms with Crippen LogP contribution in [0.5, 0.6) is 0 Å². The van der Waals surface area contributed by atoms with E-state index >= 15 is 0 Å². The quantitative estimate of drug-likeness (QED) is 0.663. The fourth-order valence-electron chi connectivity index (χ4n) is 1.21. The second-order valence-corrected chi connectivity index (χ2v) is 6.51. The fourth-order valence-corrected chi connectivity index (χ4v) is 2.05. The normalized spacial score (nSPS) is 11.4. The molecule has 17 heavy (non-hydrogen) atoms. The lowest BCUT2D eigenvalue weighted by Gasteiger charge is -2.17. The van der Waals surface area contributed by atoms with Gasteiger partial charge in [-0.1, -0.05) is 36.7 Å². The Morgan fingerprint density at radius 1 is 1.41 bits per heavy atom. The molecule has 0 amide bonds. The van der Waals surface area contributed by atoms with Gasteiger partial charge in [0.15, 0.2) is 0 Å². The van der Waals surface area contributed by atoms with Gasteiger partial charge in [0.1, 0.15) is 0 Å². The SMILES string of the molecule is CC(C)(C)CCOC(=O)c1ccc(Br)cc1S. The molecule has 0 fully saturated rings. The molecule has 1 aromatic carbocycles. The molecule has 0 atom stereocenters. The van der Waals surface area contributed by atoms with Crippen LogP contribution < -0.4 is 0 Å². The Bertz CT molecular complexity index is 410. The zero-order chi connectivity index (χ0) is 13.1. The highest BCUT2D eigenvalue weighted by atomic mass is 79.9. The molecule has 0 saturated carbocycles. The maximum absolute atomic E-state index is 11.8. The van der Waals surface area contributed by atoms with E-state index in [4.69, 9.17) is 4.74 Å². The van der Waals surface area contributed by atoms with Crippen molar-refractivity contribution in [2.75, 3.05) is 6.61 Å². The largest absolute Gasteiger partial charge is 0.462 e. The molecule has 0 heterocycles. The number of carbonyl (C=O) groups is 1. The van der Waals surface area contributed by atoms with Crippen LogP contribution in [0.3, 0.4) is 0 Å². The summed E-state index contributed by atoms with van der Waals surface area (Å²) in [5, 5.41) is 0. The summed E-state index contributed by atoms with van der Waals surface area (Å²) in [6.45, 7) is 6.78. The van der Waals surface area contributed by atoms with Crippen LogP contribution in [-0.2, 0) is 4.74 Å². The first kappa shape index (κ1) is 14.6. The first-order chi connectivity index (χ1) is 7.79. The van der Waals surface area contributed by atoms with E-state index in [1.807, 2.05) is 0 Å². The maximum atomic E-state index is 11.8. The molecule has 0 aromatic heterocycles. The van der Waals surface area contributed by atoms with Crippen molar-refractivity contribution in [2.45, 2.75) is 32.1 Å². The number of hydrogen-bond donors (Lipinski definition) is 1. The summed E-state index contributed by atoms with van der Waals surface area (Å²) < 4.78 is 6.12. The molecule has 0 radical (unpaired) electrons. The third kappa shape index (κ3) is 5.13. The number of ether oxygens (including phenoxy) is 1. The van der Waals surface area contributed by atoms with Crippen molar-refractivity contribution in [3.05, 3.63) is 28.2 Å². The Balaban J connectivity index is 2.59. The van der Waals surface area contributed by atoms with Crippen molar-refractivity contribution in [3.63, 3.8) is 0 Å². The molecule has 0 aliphatic carbocycles. The number of esters is 1. The number of carbonyl (C=O) groups excluding carboxylic acids is 1. The summed E-state index contributed by atoms with van der Waals surface area (Å²) in [6, 6.07) is 5.30. The molecule has 0 bridgehead atoms. The summed E-state index contributed by atoms with van der Waals surface area (Å²) in [5.74, 6) is -0.313. The van der Waals surface area contributed by atoms with E-state index in [1.165, 1.54) is 0 Å². The van der Waals surface area contributed by atoms with Gasteiger partial charge in [-0.25, -0.2) is 4.79 Å². The van der Waals surface area contributed by atoms with Gasteiger partial charge in [-0.2, -0.15) is 0 Å². The van der Waals surface area contributed by atoms with Gasteiger partial charge in [-0.15, -0.1) is 12.6 Å². The minimum absolute atomic E-state index is 0.170. The van der Waals surface area contributed by atoms with Crippen molar-refractivity contribution in [3.8, 4) is 0 Å². The minimum Gasteiger partial charge on any atom is -0.462 e. The van der Waals surface area contributed by atoms with E-state index in [2.05, 4.69) is 49.3 Å². The molecule has 94 valence electrons. The number of thiol groups is 1. The molecular formula is C13H17BrO2S. The van der Waals surface area contributed by atoms with Gasteiger partial charge in [0.2, 0.25) is 0 Å². The Morgan fingerprint density at radius 3 is 2.59 bits per heavy atom. The lowest BCUT2D eigenvalue weighted by atomic mass is 9.93. The highest BCUT2D eigenvalue weighted by Crippen LogP contribution is 2.22. The predicted octanol–water partition coefficient (Wildman–Crippen LogP) is 4.33. The zero-order valence-corrected chi connectivity index (χ0v) is 12.8. The van der Waals surface area contributed by atoms with Crippen LogP contribution in [0.2, 0.25) is 0 Å². The molecule has 1 rings (SSSR count). The van der Waals surface area contributed by atoms with Crippen LogP contribution in [0.4, 0.5) is 0 Å². The van der Waals surface area contributed by atoms with Crippen molar-refractivity contribution in [1.82, 2.24) is 0 Å². The van der Waals surface area contributed by atoms with Crippen LogP contribution in [0.1, 0.15) is 37.6 Å². The summed E-state index contributed by atoms with van der Waals surface area (Å²) >= 11 is 7.58. The third-order valence-corrected chi connectivity index (χ3v) is 3.13. The van der Waals surface area contributed by atoms with E-state index in [-0.39, 0.29) is 11.4 Å². The van der Waals surface area contributed by atoms with Crippen LogP contribution in [-0.4, -0.2) is 12.6 Å². The zero-order valence-electron chi connectivity index (χ0n) is 10.3. The van der Waals surface area contributed by atoms with E-state index in [9.17, 15) is 4.79 Å². The maximum Gasteiger partial charge on any atom is 0.339 e. The van der Waals surface area contributed by atoms with Crippen LogP contribution in [0.15, 0.2) is 27.6 Å². The smallest absolute Gasteiger partial charge is 0.339 e. The van der Waals surface area contributed by atoms with Crippen molar-refractivity contribution in [2.24, 2.45) is 5.41 Å². The highest BCUT2D eigenvalue weighted by molar-refractivity contribution is 9.10. The number of benzene rings is 1. The molecule has 0 aliphatic rings. The van der Waals surface area contributed by atoms with Gasteiger partial charge in [-0.3, -0.25) is 0 Å². The average molecular weight is 317 g/mol. The average Bonchev–Trinajstić information content (AvgIpc) is 2.15. The Morgan fingerprint density at radius 2 is 2.06 bits per heavy atom. The van der Waals surface area contributed by atoms with Gasteiger partial charge in [-0.05, 0) is 30.0 Å². The van der Waals surface area contributed by atoms with E-state index in [0.29, 0.717) is 17.1 Å². The Labute approximate surface area is 116 Å². The topological polar surface area (TPSA) is 26.3 Å². The molecule has 0 spiro atoms. The molecular weight excluding hydrogens is 300 g/mol. The number of halogens is 1. The Kier molecular flexibility index (Phi) is 5.07. The lowest BCUT2D eigenvalue weighted by molar-refractivity contribution is 0.0461. The third-order valence-electron chi connectivity index (χ3n) is 2.26. The van der Waals surface area contributed by atoms with E-state index < -0.39 is 0 Å². The van der Waals surface area contributed by atoms with Gasteiger partial charge in [0.25, 0.3) is 0 Å². The van der Waals surface area contributed by atoms with Gasteiger partial charge in [0.05, 0.1) is 12.2 Å². The van der Waals surface area contributed by atoms with Gasteiger partial charge >= 0.3 is 5.97 Å². The molecule has 1 aromatic rings. The Hall–Kier alpha value is -0.480. The standard InChI is InChI=1S/C13H17BrO2S/c1-13(2,3)6-7-16-12(15)10-5-4-9(14)8-11(10)17/h4-5,8,17H,6-7H2,1-3H3. The molecule has 0 unspecified atom stereocenters. The fraction of sp³-hybridized carbons (Fsp3) is 0.462. The van der Waals surface area contributed by atoms with Crippen LogP contribution in [0, 0.1) is 5.41 Å². The first-order valence-corrected chi connectivity index (χ1v) is 6.69. The summed E-state index contributed by atoms with van der Waals surface area (Å²) in [6.07, 6.45) is 0.844. The van der Waals surface area contributed by atoms with Crippen LogP contribution >= 0.6 is 28.6 Å². The monoisotopic (exact) mass is 316 g/mol. The number of hydrogen-bond acceptors (Lipinski definition) is 3. The first-order valence-electron chi connectivity index (χ1n) is 5.45. The highest BCUT2D eigenvalue weighted by Gasteiger charge is 2.14. The minimum atomic E-state index is -0.313. The molecule has 0 N–H and O–H groups in total. The van der Waals surface area contributed by atoms with E-state index in [1.54, 1.807) is 18.2 Å². The second-order valence-electron chi connectivity index (χ2n) is 5.11. The van der Waals surface area contributed by atoms with Crippen LogP contribution in [0.25, 0.3) is 0 Å². The molecule has 4 heteroatoms. The van der Waals surface area contributed by atoms with Crippen molar-refractivity contribution >= 4 is 34.5 Å². The summed E-state index contributed by atoms with van der Waals surface area (Å²) in [7, 11) is 0. The summed E-state index contributed by atoms with van der Waals surface area (Å²) in [5.41, 5.74) is 0.675. The molecule has 0 aliphatic heterocycles. The van der Waals surface area contributed by atoms with Crippen molar-refractivity contribution in [1.29, 1.82) is 0 Å². The van der Waals surface area contributed by atoms with Gasteiger partial charge < -0.3 is 4.74 Å². The molecule has 2 nitrogen and oxygen atoms in total. The number of rotatable bonds is 3. The predicted molar refractivity (Wildman–Crippen MR) is 75.7 cm³/mol. The molecule has 0 saturated heterocycles. The summed E-state index contributed by atoms with van der Waals surface area (Å²) in [4.78, 5) is 12.4. The van der Waals surface area contributed by atoms with E-state index in [0.717, 1.165) is 10.9 Å². The lowest BCUT2D eigenvalue weighted by Crippen LogP contribution is -2.13. The second kappa shape index (κ2) is 5.91.